The number of Topliss-reactive ketones (excluding diaryl/α,β-unsaturated/α-hetero) is 1. The van der Waals surface area contributed by atoms with Gasteiger partial charge in [-0.2, -0.15) is 0 Å². The highest BCUT2D eigenvalue weighted by Gasteiger charge is 2.19. The molecule has 3 N–H and O–H groups in total. The quantitative estimate of drug-likeness (QED) is 0.739. The van der Waals surface area contributed by atoms with Crippen molar-refractivity contribution in [3.8, 4) is 0 Å². The van der Waals surface area contributed by atoms with Crippen LogP contribution in [0.1, 0.15) is 41.5 Å². The van der Waals surface area contributed by atoms with E-state index in [0.717, 1.165) is 0 Å². The summed E-state index contributed by atoms with van der Waals surface area (Å²) in [6, 6.07) is -0.987. The lowest BCUT2D eigenvalue weighted by Crippen LogP contribution is -2.48. The van der Waals surface area contributed by atoms with Crippen molar-refractivity contribution in [3.63, 3.8) is 0 Å². The summed E-state index contributed by atoms with van der Waals surface area (Å²) < 4.78 is 0. The zero-order valence-electron chi connectivity index (χ0n) is 10.6. The first-order valence-electron chi connectivity index (χ1n) is 5.42. The SMILES string of the molecule is CC.CC(=O)[C@H](C)NC(=O)[C@@H](N)C(C)C. The van der Waals surface area contributed by atoms with Crippen molar-refractivity contribution in [2.75, 3.05) is 0 Å². The molecule has 0 rings (SSSR count). The van der Waals surface area contributed by atoms with Crippen LogP contribution in [-0.2, 0) is 9.59 Å². The van der Waals surface area contributed by atoms with E-state index in [2.05, 4.69) is 5.32 Å². The molecule has 2 atom stereocenters. The van der Waals surface area contributed by atoms with E-state index in [1.807, 2.05) is 27.7 Å². The molecule has 1 amide bonds. The summed E-state index contributed by atoms with van der Waals surface area (Å²) in [5.74, 6) is -0.249. The fourth-order valence-electron chi connectivity index (χ4n) is 0.714. The zero-order valence-corrected chi connectivity index (χ0v) is 10.6. The summed E-state index contributed by atoms with van der Waals surface area (Å²) in [6.07, 6.45) is 0. The van der Waals surface area contributed by atoms with Crippen LogP contribution in [0.2, 0.25) is 0 Å². The van der Waals surface area contributed by atoms with Gasteiger partial charge in [0.25, 0.3) is 0 Å². The maximum atomic E-state index is 11.3. The predicted octanol–water partition coefficient (Wildman–Crippen LogP) is 1.09. The van der Waals surface area contributed by atoms with Crippen LogP contribution in [0.15, 0.2) is 0 Å². The van der Waals surface area contributed by atoms with Crippen LogP contribution in [0.3, 0.4) is 0 Å². The lowest BCUT2D eigenvalue weighted by atomic mass is 10.0. The van der Waals surface area contributed by atoms with Crippen LogP contribution in [0.4, 0.5) is 0 Å². The molecule has 0 aliphatic carbocycles. The molecule has 0 saturated heterocycles. The summed E-state index contributed by atoms with van der Waals surface area (Å²) >= 11 is 0. The number of hydrogen-bond acceptors (Lipinski definition) is 3. The molecule has 0 radical (unpaired) electrons. The molecule has 0 heterocycles. The molecule has 0 spiro atoms. The van der Waals surface area contributed by atoms with E-state index in [-0.39, 0.29) is 17.6 Å². The highest BCUT2D eigenvalue weighted by Crippen LogP contribution is 1.98. The fourth-order valence-corrected chi connectivity index (χ4v) is 0.714. The molecule has 90 valence electrons. The molecule has 0 aliphatic rings. The Kier molecular flexibility index (Phi) is 9.27. The Bertz CT molecular complexity index is 203. The van der Waals surface area contributed by atoms with Gasteiger partial charge in [-0.25, -0.2) is 0 Å². The van der Waals surface area contributed by atoms with Gasteiger partial charge in [0.1, 0.15) is 0 Å². The summed E-state index contributed by atoms with van der Waals surface area (Å²) in [6.45, 7) is 10.8. The van der Waals surface area contributed by atoms with E-state index < -0.39 is 12.1 Å². The molecule has 0 unspecified atom stereocenters. The van der Waals surface area contributed by atoms with Crippen molar-refractivity contribution >= 4 is 11.7 Å². The van der Waals surface area contributed by atoms with Gasteiger partial charge in [0.15, 0.2) is 5.78 Å². The van der Waals surface area contributed by atoms with Crippen LogP contribution in [0.5, 0.6) is 0 Å². The number of hydrogen-bond donors (Lipinski definition) is 2. The minimum atomic E-state index is -0.540. The summed E-state index contributed by atoms with van der Waals surface area (Å²) in [5.41, 5.74) is 5.59. The maximum absolute atomic E-state index is 11.3. The second-order valence-electron chi connectivity index (χ2n) is 3.61. The fraction of sp³-hybridized carbons (Fsp3) is 0.818. The Morgan fingerprint density at radius 2 is 1.53 bits per heavy atom. The minimum absolute atomic E-state index is 0.0655. The second kappa shape index (κ2) is 8.41. The zero-order chi connectivity index (χ0) is 12.6. The number of amides is 1. The van der Waals surface area contributed by atoms with Gasteiger partial charge in [0.05, 0.1) is 12.1 Å². The third-order valence-corrected chi connectivity index (χ3v) is 1.99. The highest BCUT2D eigenvalue weighted by molar-refractivity contribution is 5.89. The van der Waals surface area contributed by atoms with Gasteiger partial charge in [0, 0.05) is 0 Å². The number of carbonyl (C=O) groups excluding carboxylic acids is 2. The topological polar surface area (TPSA) is 72.2 Å². The van der Waals surface area contributed by atoms with Crippen molar-refractivity contribution in [1.29, 1.82) is 0 Å². The highest BCUT2D eigenvalue weighted by atomic mass is 16.2. The van der Waals surface area contributed by atoms with Crippen molar-refractivity contribution in [1.82, 2.24) is 5.32 Å². The van der Waals surface area contributed by atoms with Crippen molar-refractivity contribution in [3.05, 3.63) is 0 Å². The van der Waals surface area contributed by atoms with Crippen molar-refractivity contribution < 1.29 is 9.59 Å². The van der Waals surface area contributed by atoms with Crippen molar-refractivity contribution in [2.45, 2.75) is 53.6 Å². The van der Waals surface area contributed by atoms with Gasteiger partial charge in [-0.1, -0.05) is 27.7 Å². The van der Waals surface area contributed by atoms with Crippen LogP contribution in [-0.4, -0.2) is 23.8 Å². The second-order valence-corrected chi connectivity index (χ2v) is 3.61. The molecule has 0 aromatic rings. The number of ketones is 1. The predicted molar refractivity (Wildman–Crippen MR) is 62.4 cm³/mol. The van der Waals surface area contributed by atoms with Gasteiger partial charge >= 0.3 is 0 Å². The molecule has 0 aromatic carbocycles. The maximum Gasteiger partial charge on any atom is 0.237 e. The lowest BCUT2D eigenvalue weighted by molar-refractivity contribution is -0.127. The third kappa shape index (κ3) is 7.08. The van der Waals surface area contributed by atoms with Gasteiger partial charge in [-0.05, 0) is 19.8 Å². The number of rotatable bonds is 4. The monoisotopic (exact) mass is 216 g/mol. The van der Waals surface area contributed by atoms with Crippen LogP contribution >= 0.6 is 0 Å². The minimum Gasteiger partial charge on any atom is -0.345 e. The summed E-state index contributed by atoms with van der Waals surface area (Å²) in [4.78, 5) is 22.1. The van der Waals surface area contributed by atoms with Gasteiger partial charge in [-0.3, -0.25) is 9.59 Å². The lowest BCUT2D eigenvalue weighted by Gasteiger charge is -2.17. The van der Waals surface area contributed by atoms with E-state index in [1.165, 1.54) is 6.92 Å². The molecular weight excluding hydrogens is 192 g/mol. The molecule has 0 aliphatic heterocycles. The van der Waals surface area contributed by atoms with E-state index in [4.69, 9.17) is 5.73 Å². The van der Waals surface area contributed by atoms with Gasteiger partial charge < -0.3 is 11.1 Å². The normalized spacial score (nSPS) is 13.6. The molecule has 0 saturated carbocycles. The van der Waals surface area contributed by atoms with Gasteiger partial charge in [0.2, 0.25) is 5.91 Å². The molecule has 0 aromatic heterocycles. The molecule has 4 heteroatoms. The molecule has 0 fully saturated rings. The first-order valence-corrected chi connectivity index (χ1v) is 5.42. The molecular formula is C11H24N2O2. The van der Waals surface area contributed by atoms with Crippen LogP contribution < -0.4 is 11.1 Å². The first kappa shape index (κ1) is 16.5. The molecule has 15 heavy (non-hydrogen) atoms. The van der Waals surface area contributed by atoms with Crippen LogP contribution in [0.25, 0.3) is 0 Å². The Balaban J connectivity index is 0. The molecule has 0 bridgehead atoms. The third-order valence-electron chi connectivity index (χ3n) is 1.99. The average Bonchev–Trinajstić information content (AvgIpc) is 2.19. The molecule has 4 nitrogen and oxygen atoms in total. The Labute approximate surface area is 92.6 Å². The smallest absolute Gasteiger partial charge is 0.237 e. The van der Waals surface area contributed by atoms with E-state index in [9.17, 15) is 9.59 Å². The summed E-state index contributed by atoms with van der Waals surface area (Å²) in [7, 11) is 0. The van der Waals surface area contributed by atoms with Crippen molar-refractivity contribution in [2.24, 2.45) is 11.7 Å². The Hall–Kier alpha value is -0.900. The standard InChI is InChI=1S/C9H18N2O2.C2H6/c1-5(2)8(10)9(13)11-6(3)7(4)12;1-2/h5-6,8H,10H2,1-4H3,(H,11,13);1-2H3/t6-,8-;/m0./s1. The van der Waals surface area contributed by atoms with Gasteiger partial charge in [-0.15, -0.1) is 0 Å². The van der Waals surface area contributed by atoms with E-state index in [1.54, 1.807) is 6.92 Å². The van der Waals surface area contributed by atoms with E-state index in [0.29, 0.717) is 0 Å². The average molecular weight is 216 g/mol. The first-order chi connectivity index (χ1) is 6.86. The largest absolute Gasteiger partial charge is 0.345 e. The Morgan fingerprint density at radius 1 is 1.13 bits per heavy atom. The van der Waals surface area contributed by atoms with E-state index >= 15 is 0 Å². The number of nitrogens with two attached hydrogens (primary N) is 1. The van der Waals surface area contributed by atoms with Crippen LogP contribution in [0, 0.1) is 5.92 Å². The Morgan fingerprint density at radius 3 is 1.80 bits per heavy atom. The number of nitrogens with one attached hydrogen (secondary N) is 1. The summed E-state index contributed by atoms with van der Waals surface area (Å²) in [5, 5.41) is 2.55. The number of carbonyl (C=O) groups is 2.